The number of hydrogen-bond acceptors (Lipinski definition) is 3. The number of carbonyl (C=O) groups excluding carboxylic acids is 1. The smallest absolute Gasteiger partial charge is 0.310 e. The van der Waals surface area contributed by atoms with Crippen molar-refractivity contribution in [3.8, 4) is 0 Å². The maximum atomic E-state index is 12.0. The molecule has 0 unspecified atom stereocenters. The van der Waals surface area contributed by atoms with Gasteiger partial charge in [0.25, 0.3) is 0 Å². The van der Waals surface area contributed by atoms with E-state index in [1.54, 1.807) is 0 Å². The highest BCUT2D eigenvalue weighted by molar-refractivity contribution is 5.72. The van der Waals surface area contributed by atoms with Crippen molar-refractivity contribution in [1.82, 2.24) is 4.90 Å². The zero-order valence-electron chi connectivity index (χ0n) is 9.38. The largest absolute Gasteiger partial charge is 0.466 e. The van der Waals surface area contributed by atoms with Gasteiger partial charge in [0, 0.05) is 13.1 Å². The SMILES string of the molecule is CCOC(=O)[C@@H]1CCCN(CCCF)C1. The Morgan fingerprint density at radius 2 is 2.40 bits per heavy atom. The first-order chi connectivity index (χ1) is 7.27. The second-order valence-corrected chi connectivity index (χ2v) is 3.93. The Bertz CT molecular complexity index is 199. The second-order valence-electron chi connectivity index (χ2n) is 3.93. The first-order valence-corrected chi connectivity index (χ1v) is 5.73. The summed E-state index contributed by atoms with van der Waals surface area (Å²) in [6, 6.07) is 0. The van der Waals surface area contributed by atoms with Crippen molar-refractivity contribution in [2.45, 2.75) is 26.2 Å². The molecule has 1 aliphatic rings. The maximum Gasteiger partial charge on any atom is 0.310 e. The molecule has 1 saturated heterocycles. The van der Waals surface area contributed by atoms with Gasteiger partial charge in [-0.1, -0.05) is 0 Å². The number of alkyl halides is 1. The van der Waals surface area contributed by atoms with Crippen LogP contribution >= 0.6 is 0 Å². The van der Waals surface area contributed by atoms with Crippen LogP contribution in [0.4, 0.5) is 4.39 Å². The van der Waals surface area contributed by atoms with Crippen LogP contribution in [0.1, 0.15) is 26.2 Å². The van der Waals surface area contributed by atoms with Crippen molar-refractivity contribution < 1.29 is 13.9 Å². The van der Waals surface area contributed by atoms with Gasteiger partial charge in [0.05, 0.1) is 19.2 Å². The minimum absolute atomic E-state index is 0.00156. The van der Waals surface area contributed by atoms with Gasteiger partial charge in [0.15, 0.2) is 0 Å². The summed E-state index contributed by atoms with van der Waals surface area (Å²) < 4.78 is 17.0. The normalized spacial score (nSPS) is 22.7. The number of rotatable bonds is 5. The highest BCUT2D eigenvalue weighted by Gasteiger charge is 2.26. The van der Waals surface area contributed by atoms with Crippen LogP contribution in [0.25, 0.3) is 0 Å². The molecule has 0 bridgehead atoms. The van der Waals surface area contributed by atoms with E-state index in [0.717, 1.165) is 32.5 Å². The lowest BCUT2D eigenvalue weighted by Crippen LogP contribution is -2.39. The molecule has 1 heterocycles. The Kier molecular flexibility index (Phi) is 5.61. The molecule has 15 heavy (non-hydrogen) atoms. The summed E-state index contributed by atoms with van der Waals surface area (Å²) in [7, 11) is 0. The molecule has 1 atom stereocenters. The van der Waals surface area contributed by atoms with E-state index >= 15 is 0 Å². The van der Waals surface area contributed by atoms with Crippen molar-refractivity contribution in [2.24, 2.45) is 5.92 Å². The molecule has 0 aromatic heterocycles. The van der Waals surface area contributed by atoms with Crippen molar-refractivity contribution in [3.63, 3.8) is 0 Å². The fraction of sp³-hybridized carbons (Fsp3) is 0.909. The molecule has 1 rings (SSSR count). The summed E-state index contributed by atoms with van der Waals surface area (Å²) in [4.78, 5) is 13.7. The van der Waals surface area contributed by atoms with Crippen LogP contribution in [0.3, 0.4) is 0 Å². The Hall–Kier alpha value is -0.640. The molecule has 0 aromatic carbocycles. The lowest BCUT2D eigenvalue weighted by Gasteiger charge is -2.31. The van der Waals surface area contributed by atoms with E-state index in [9.17, 15) is 9.18 Å². The van der Waals surface area contributed by atoms with Gasteiger partial charge in [-0.05, 0) is 32.7 Å². The van der Waals surface area contributed by atoms with Crippen LogP contribution in [0.2, 0.25) is 0 Å². The fourth-order valence-corrected chi connectivity index (χ4v) is 1.99. The number of ether oxygens (including phenoxy) is 1. The van der Waals surface area contributed by atoms with Crippen LogP contribution in [0, 0.1) is 5.92 Å². The van der Waals surface area contributed by atoms with Gasteiger partial charge in [-0.15, -0.1) is 0 Å². The molecule has 0 aliphatic carbocycles. The van der Waals surface area contributed by atoms with Crippen molar-refractivity contribution in [1.29, 1.82) is 0 Å². The summed E-state index contributed by atoms with van der Waals surface area (Å²) in [6.07, 6.45) is 2.48. The Balaban J connectivity index is 2.31. The van der Waals surface area contributed by atoms with E-state index in [0.29, 0.717) is 13.0 Å². The quantitative estimate of drug-likeness (QED) is 0.655. The molecular weight excluding hydrogens is 197 g/mol. The summed E-state index contributed by atoms with van der Waals surface area (Å²) in [5.74, 6) is -0.0965. The molecule has 88 valence electrons. The minimum Gasteiger partial charge on any atom is -0.466 e. The molecule has 0 saturated carbocycles. The monoisotopic (exact) mass is 217 g/mol. The van der Waals surface area contributed by atoms with Gasteiger partial charge >= 0.3 is 5.97 Å². The van der Waals surface area contributed by atoms with Gasteiger partial charge < -0.3 is 9.64 Å². The van der Waals surface area contributed by atoms with Gasteiger partial charge in [0.2, 0.25) is 0 Å². The zero-order chi connectivity index (χ0) is 11.1. The number of piperidine rings is 1. The minimum atomic E-state index is -0.277. The lowest BCUT2D eigenvalue weighted by molar-refractivity contribution is -0.149. The molecule has 0 radical (unpaired) electrons. The van der Waals surface area contributed by atoms with Crippen LogP contribution in [-0.2, 0) is 9.53 Å². The molecule has 3 nitrogen and oxygen atoms in total. The molecule has 1 fully saturated rings. The second kappa shape index (κ2) is 6.77. The first-order valence-electron chi connectivity index (χ1n) is 5.73. The third kappa shape index (κ3) is 4.16. The Morgan fingerprint density at radius 1 is 1.60 bits per heavy atom. The molecule has 0 N–H and O–H groups in total. The first kappa shape index (κ1) is 12.4. The highest BCUT2D eigenvalue weighted by atomic mass is 19.1. The molecule has 0 amide bonds. The topological polar surface area (TPSA) is 29.5 Å². The molecule has 1 aliphatic heterocycles. The number of nitrogens with zero attached hydrogens (tertiary/aromatic N) is 1. The van der Waals surface area contributed by atoms with Gasteiger partial charge in [-0.25, -0.2) is 0 Å². The highest BCUT2D eigenvalue weighted by Crippen LogP contribution is 2.17. The maximum absolute atomic E-state index is 12.0. The predicted molar refractivity (Wildman–Crippen MR) is 56.4 cm³/mol. The summed E-state index contributed by atoms with van der Waals surface area (Å²) in [6.45, 7) is 4.46. The van der Waals surface area contributed by atoms with E-state index in [2.05, 4.69) is 4.90 Å². The van der Waals surface area contributed by atoms with E-state index in [4.69, 9.17) is 4.74 Å². The summed E-state index contributed by atoms with van der Waals surface area (Å²) in [5.41, 5.74) is 0. The van der Waals surface area contributed by atoms with E-state index in [1.807, 2.05) is 6.92 Å². The number of likely N-dealkylation sites (tertiary alicyclic amines) is 1. The van der Waals surface area contributed by atoms with Crippen molar-refractivity contribution in [2.75, 3.05) is 32.9 Å². The zero-order valence-corrected chi connectivity index (χ0v) is 9.38. The van der Waals surface area contributed by atoms with Crippen LogP contribution in [0.15, 0.2) is 0 Å². The molecular formula is C11H20FNO2. The van der Waals surface area contributed by atoms with Gasteiger partial charge in [0.1, 0.15) is 0 Å². The van der Waals surface area contributed by atoms with Gasteiger partial charge in [-0.2, -0.15) is 0 Å². The number of carbonyl (C=O) groups is 1. The Labute approximate surface area is 90.6 Å². The van der Waals surface area contributed by atoms with E-state index < -0.39 is 0 Å². The molecule has 0 spiro atoms. The average molecular weight is 217 g/mol. The summed E-state index contributed by atoms with van der Waals surface area (Å²) >= 11 is 0. The van der Waals surface area contributed by atoms with Crippen LogP contribution in [0.5, 0.6) is 0 Å². The third-order valence-electron chi connectivity index (χ3n) is 2.73. The van der Waals surface area contributed by atoms with Crippen LogP contribution in [-0.4, -0.2) is 43.8 Å². The van der Waals surface area contributed by atoms with E-state index in [1.165, 1.54) is 0 Å². The number of hydrogen-bond donors (Lipinski definition) is 0. The average Bonchev–Trinajstić information content (AvgIpc) is 2.27. The van der Waals surface area contributed by atoms with Crippen LogP contribution < -0.4 is 0 Å². The van der Waals surface area contributed by atoms with Gasteiger partial charge in [-0.3, -0.25) is 9.18 Å². The third-order valence-corrected chi connectivity index (χ3v) is 2.73. The molecule has 0 aromatic rings. The summed E-state index contributed by atoms with van der Waals surface area (Å²) in [5, 5.41) is 0. The van der Waals surface area contributed by atoms with E-state index in [-0.39, 0.29) is 18.6 Å². The standard InChI is InChI=1S/C11H20FNO2/c1-2-15-11(14)10-5-3-7-13(9-10)8-4-6-12/h10H,2-9H2,1H3/t10-/m1/s1. The molecule has 4 heteroatoms. The predicted octanol–water partition coefficient (Wildman–Crippen LogP) is 1.62. The fourth-order valence-electron chi connectivity index (χ4n) is 1.99. The lowest BCUT2D eigenvalue weighted by atomic mass is 9.98. The Morgan fingerprint density at radius 3 is 3.07 bits per heavy atom. The number of halogens is 1. The number of esters is 1. The van der Waals surface area contributed by atoms with Crippen molar-refractivity contribution in [3.05, 3.63) is 0 Å². The van der Waals surface area contributed by atoms with Crippen molar-refractivity contribution >= 4 is 5.97 Å².